The van der Waals surface area contributed by atoms with Crippen molar-refractivity contribution in [3.8, 4) is 0 Å². The molecule has 1 saturated carbocycles. The largest absolute Gasteiger partial charge is 0.365 e. The molecule has 2 fully saturated rings. The molecule has 178 valence electrons. The number of hydrogen-bond donors (Lipinski definition) is 3. The molecular weight excluding hydrogens is 479 g/mol. The number of urea groups is 1. The third-order valence-corrected chi connectivity index (χ3v) is 8.58. The van der Waals surface area contributed by atoms with E-state index in [2.05, 4.69) is 15.5 Å². The lowest BCUT2D eigenvalue weighted by Crippen LogP contribution is -2.41. The van der Waals surface area contributed by atoms with E-state index in [1.807, 2.05) is 0 Å². The normalized spacial score (nSPS) is 22.3. The van der Waals surface area contributed by atoms with Crippen LogP contribution in [0.1, 0.15) is 71.8 Å². The molecule has 0 unspecified atom stereocenters. The maximum absolute atomic E-state index is 12.6. The molecule has 4 N–H and O–H groups in total. The van der Waals surface area contributed by atoms with Crippen molar-refractivity contribution < 1.29 is 9.59 Å². The number of nitrogens with one attached hydrogen (secondary N) is 2. The van der Waals surface area contributed by atoms with Crippen LogP contribution in [0.5, 0.6) is 0 Å². The first kappa shape index (κ1) is 24.3. The quantitative estimate of drug-likeness (QED) is 0.448. The van der Waals surface area contributed by atoms with Crippen LogP contribution in [0.3, 0.4) is 0 Å². The van der Waals surface area contributed by atoms with Crippen LogP contribution in [-0.2, 0) is 6.42 Å². The third-order valence-electron chi connectivity index (χ3n) is 7.19. The smallest absolute Gasteiger partial charge is 0.324 e. The first-order valence-corrected chi connectivity index (χ1v) is 12.7. The highest BCUT2D eigenvalue weighted by atomic mass is 35.5. The molecule has 2 atom stereocenters. The molecule has 5 rings (SSSR count). The fraction of sp³-hybridized carbons (Fsp3) is 0.500. The summed E-state index contributed by atoms with van der Waals surface area (Å²) in [7, 11) is 0. The minimum Gasteiger partial charge on any atom is -0.365 e. The molecule has 2 aliphatic heterocycles. The van der Waals surface area contributed by atoms with Crippen LogP contribution >= 0.6 is 35.3 Å². The molecular formula is C24H30Cl2N4O2S. The van der Waals surface area contributed by atoms with E-state index in [0.717, 1.165) is 37.3 Å². The Bertz CT molecular complexity index is 1020. The molecule has 0 spiro atoms. The van der Waals surface area contributed by atoms with Crippen LogP contribution in [0.15, 0.2) is 24.3 Å². The van der Waals surface area contributed by atoms with Gasteiger partial charge in [-0.05, 0) is 67.9 Å². The predicted octanol–water partition coefficient (Wildman–Crippen LogP) is 6.21. The lowest BCUT2D eigenvalue weighted by molar-refractivity contribution is 0.0992. The lowest BCUT2D eigenvalue weighted by atomic mass is 9.87. The minimum absolute atomic E-state index is 0. The van der Waals surface area contributed by atoms with Crippen LogP contribution in [0.4, 0.5) is 15.5 Å². The number of rotatable bonds is 5. The molecule has 9 heteroatoms. The van der Waals surface area contributed by atoms with Crippen molar-refractivity contribution in [2.75, 3.05) is 17.2 Å². The highest BCUT2D eigenvalue weighted by molar-refractivity contribution is 7.17. The second-order valence-electron chi connectivity index (χ2n) is 9.25. The first-order valence-electron chi connectivity index (χ1n) is 11.5. The minimum atomic E-state index is -0.466. The number of primary amides is 1. The van der Waals surface area contributed by atoms with Crippen molar-refractivity contribution in [1.29, 1.82) is 0 Å². The molecule has 1 aromatic carbocycles. The number of amides is 3. The van der Waals surface area contributed by atoms with Gasteiger partial charge in [-0.3, -0.25) is 15.0 Å². The number of fused-ring (bicyclic) bond motifs is 4. The highest BCUT2D eigenvalue weighted by Crippen LogP contribution is 2.50. The van der Waals surface area contributed by atoms with Gasteiger partial charge in [-0.25, -0.2) is 4.79 Å². The maximum Gasteiger partial charge on any atom is 0.324 e. The average molecular weight is 510 g/mol. The van der Waals surface area contributed by atoms with Gasteiger partial charge in [0.15, 0.2) is 0 Å². The summed E-state index contributed by atoms with van der Waals surface area (Å²) in [6.07, 6.45) is 9.80. The maximum atomic E-state index is 12.6. The predicted molar refractivity (Wildman–Crippen MR) is 137 cm³/mol. The molecule has 1 saturated heterocycles. The Labute approximate surface area is 209 Å². The summed E-state index contributed by atoms with van der Waals surface area (Å²) < 4.78 is 0. The van der Waals surface area contributed by atoms with E-state index in [1.165, 1.54) is 48.3 Å². The van der Waals surface area contributed by atoms with E-state index in [-0.39, 0.29) is 18.4 Å². The summed E-state index contributed by atoms with van der Waals surface area (Å²) in [4.78, 5) is 29.0. The van der Waals surface area contributed by atoms with E-state index < -0.39 is 11.9 Å². The number of thiophene rings is 1. The number of nitrogens with two attached hydrogens (primary N) is 1. The Balaban J connectivity index is 0.00000259. The van der Waals surface area contributed by atoms with Crippen molar-refractivity contribution in [1.82, 2.24) is 4.90 Å². The SMILES string of the molecule is Cl.NC(=O)c1c(NC(=O)Nc2ccc(Cl)cc2)sc2c1[C@H]1CC[C@@H](C2)N1CC1CCCCC1. The van der Waals surface area contributed by atoms with Gasteiger partial charge in [-0.15, -0.1) is 23.7 Å². The molecule has 3 amide bonds. The van der Waals surface area contributed by atoms with Crippen LogP contribution in [0.25, 0.3) is 0 Å². The monoisotopic (exact) mass is 508 g/mol. The zero-order chi connectivity index (χ0) is 22.2. The van der Waals surface area contributed by atoms with E-state index in [4.69, 9.17) is 17.3 Å². The fourth-order valence-corrected chi connectivity index (χ4v) is 7.20. The van der Waals surface area contributed by atoms with E-state index >= 15 is 0 Å². The first-order chi connectivity index (χ1) is 15.5. The zero-order valence-corrected chi connectivity index (χ0v) is 20.8. The Kier molecular flexibility index (Phi) is 7.53. The standard InChI is InChI=1S/C24H29ClN4O2S.ClH/c25-15-6-8-16(9-7-15)27-24(31)28-23-21(22(26)30)20-18-11-10-17(12-19(20)32-23)29(18)13-14-4-2-1-3-5-14;/h6-9,14,17-18H,1-5,10-13H2,(H2,26,30)(H2,27,28,31);1H/t17-,18+;/m0./s1. The van der Waals surface area contributed by atoms with Crippen LogP contribution in [-0.4, -0.2) is 29.4 Å². The number of benzene rings is 1. The van der Waals surface area contributed by atoms with Gasteiger partial charge < -0.3 is 11.1 Å². The summed E-state index contributed by atoms with van der Waals surface area (Å²) >= 11 is 7.42. The molecule has 33 heavy (non-hydrogen) atoms. The van der Waals surface area contributed by atoms with E-state index in [9.17, 15) is 9.59 Å². The summed E-state index contributed by atoms with van der Waals surface area (Å²) in [5.41, 5.74) is 8.04. The van der Waals surface area contributed by atoms with E-state index in [1.54, 1.807) is 24.3 Å². The van der Waals surface area contributed by atoms with Gasteiger partial charge in [0.25, 0.3) is 5.91 Å². The summed E-state index contributed by atoms with van der Waals surface area (Å²) in [5.74, 6) is 0.291. The number of nitrogens with zero attached hydrogens (tertiary/aromatic N) is 1. The second kappa shape index (κ2) is 10.2. The van der Waals surface area contributed by atoms with Gasteiger partial charge in [0.2, 0.25) is 0 Å². The summed E-state index contributed by atoms with van der Waals surface area (Å²) in [6, 6.07) is 7.28. The van der Waals surface area contributed by atoms with Crippen molar-refractivity contribution in [3.63, 3.8) is 0 Å². The molecule has 3 heterocycles. The molecule has 1 aromatic heterocycles. The van der Waals surface area contributed by atoms with Gasteiger partial charge in [0.05, 0.1) is 5.56 Å². The van der Waals surface area contributed by atoms with Gasteiger partial charge in [0.1, 0.15) is 5.00 Å². The average Bonchev–Trinajstić information content (AvgIpc) is 3.26. The highest BCUT2D eigenvalue weighted by Gasteiger charge is 2.44. The number of hydrogen-bond acceptors (Lipinski definition) is 4. The molecule has 3 aliphatic rings. The van der Waals surface area contributed by atoms with Gasteiger partial charge in [-0.2, -0.15) is 0 Å². The molecule has 6 nitrogen and oxygen atoms in total. The second-order valence-corrected chi connectivity index (χ2v) is 10.8. The number of anilines is 2. The van der Waals surface area contributed by atoms with Gasteiger partial charge in [-0.1, -0.05) is 30.9 Å². The number of carbonyl (C=O) groups excluding carboxylic acids is 2. The number of carbonyl (C=O) groups is 2. The zero-order valence-electron chi connectivity index (χ0n) is 18.4. The fourth-order valence-electron chi connectivity index (χ4n) is 5.75. The van der Waals surface area contributed by atoms with Crippen LogP contribution in [0.2, 0.25) is 5.02 Å². The topological polar surface area (TPSA) is 87.5 Å². The summed E-state index contributed by atoms with van der Waals surface area (Å²) in [6.45, 7) is 1.11. The molecule has 0 radical (unpaired) electrons. The third kappa shape index (κ3) is 5.02. The van der Waals surface area contributed by atoms with Crippen LogP contribution in [0, 0.1) is 5.92 Å². The van der Waals surface area contributed by atoms with Crippen molar-refractivity contribution in [2.24, 2.45) is 11.7 Å². The van der Waals surface area contributed by atoms with Crippen molar-refractivity contribution in [3.05, 3.63) is 45.3 Å². The van der Waals surface area contributed by atoms with E-state index in [0.29, 0.717) is 27.3 Å². The summed E-state index contributed by atoms with van der Waals surface area (Å²) in [5, 5.41) is 6.84. The molecule has 2 aromatic rings. The Morgan fingerprint density at radius 3 is 2.48 bits per heavy atom. The van der Waals surface area contributed by atoms with Gasteiger partial charge in [0, 0.05) is 34.2 Å². The molecule has 1 aliphatic carbocycles. The lowest BCUT2D eigenvalue weighted by Gasteiger charge is -2.38. The van der Waals surface area contributed by atoms with Crippen molar-refractivity contribution in [2.45, 2.75) is 63.5 Å². The Hall–Kier alpha value is -1.80. The molecule has 2 bridgehead atoms. The number of halogens is 2. The van der Waals surface area contributed by atoms with Crippen molar-refractivity contribution >= 4 is 58.0 Å². The van der Waals surface area contributed by atoms with Gasteiger partial charge >= 0.3 is 6.03 Å². The van der Waals surface area contributed by atoms with Crippen LogP contribution < -0.4 is 16.4 Å². The Morgan fingerprint density at radius 2 is 1.79 bits per heavy atom. The Morgan fingerprint density at radius 1 is 1.06 bits per heavy atom.